The Morgan fingerprint density at radius 1 is 1.22 bits per heavy atom. The standard InChI is InChI=1S/C14H13FN2O/c1-11-6-4-5-9-17(11)10-14(18)16-13-8-3-2-7-12(13)15/h2-9H,10H2,1H3/p+1. The van der Waals surface area contributed by atoms with Gasteiger partial charge in [-0.3, -0.25) is 4.79 Å². The number of aryl methyl sites for hydroxylation is 1. The number of carbonyl (C=O) groups excluding carboxylic acids is 1. The first-order valence-electron chi connectivity index (χ1n) is 5.66. The van der Waals surface area contributed by atoms with E-state index in [2.05, 4.69) is 5.32 Å². The van der Waals surface area contributed by atoms with Crippen molar-refractivity contribution in [1.29, 1.82) is 0 Å². The van der Waals surface area contributed by atoms with Gasteiger partial charge in [0.05, 0.1) is 5.69 Å². The van der Waals surface area contributed by atoms with Gasteiger partial charge in [0.2, 0.25) is 6.54 Å². The fourth-order valence-electron chi connectivity index (χ4n) is 1.65. The smallest absolute Gasteiger partial charge is 0.290 e. The lowest BCUT2D eigenvalue weighted by Gasteiger charge is -2.04. The summed E-state index contributed by atoms with van der Waals surface area (Å²) in [5.41, 5.74) is 1.18. The van der Waals surface area contributed by atoms with Crippen LogP contribution in [0.1, 0.15) is 5.69 Å². The molecule has 0 saturated heterocycles. The Bertz CT molecular complexity index is 520. The minimum Gasteiger partial charge on any atom is -0.318 e. The van der Waals surface area contributed by atoms with E-state index in [9.17, 15) is 9.18 Å². The summed E-state index contributed by atoms with van der Waals surface area (Å²) in [6.45, 7) is 2.08. The Morgan fingerprint density at radius 2 is 1.94 bits per heavy atom. The third kappa shape index (κ3) is 2.91. The van der Waals surface area contributed by atoms with Crippen LogP contribution in [-0.4, -0.2) is 5.91 Å². The molecular weight excluding hydrogens is 231 g/mol. The van der Waals surface area contributed by atoms with Crippen LogP contribution in [0.2, 0.25) is 0 Å². The van der Waals surface area contributed by atoms with Crippen molar-refractivity contribution in [1.82, 2.24) is 0 Å². The van der Waals surface area contributed by atoms with E-state index < -0.39 is 5.82 Å². The molecule has 0 saturated carbocycles. The molecular formula is C14H14FN2O+. The molecule has 3 nitrogen and oxygen atoms in total. The normalized spacial score (nSPS) is 10.1. The SMILES string of the molecule is Cc1cccc[n+]1CC(=O)Nc1ccccc1F. The number of rotatable bonds is 3. The Kier molecular flexibility index (Phi) is 3.67. The molecule has 18 heavy (non-hydrogen) atoms. The minimum absolute atomic E-state index is 0.168. The van der Waals surface area contributed by atoms with Gasteiger partial charge in [0.15, 0.2) is 11.9 Å². The first-order chi connectivity index (χ1) is 8.66. The lowest BCUT2D eigenvalue weighted by molar-refractivity contribution is -0.690. The summed E-state index contributed by atoms with van der Waals surface area (Å²) >= 11 is 0. The van der Waals surface area contributed by atoms with E-state index in [0.717, 1.165) is 5.69 Å². The number of nitrogens with one attached hydrogen (secondary N) is 1. The average molecular weight is 245 g/mol. The number of hydrogen-bond acceptors (Lipinski definition) is 1. The van der Waals surface area contributed by atoms with Gasteiger partial charge >= 0.3 is 0 Å². The van der Waals surface area contributed by atoms with E-state index in [1.54, 1.807) is 16.7 Å². The summed E-state index contributed by atoms with van der Waals surface area (Å²) in [6.07, 6.45) is 1.82. The minimum atomic E-state index is -0.430. The number of amides is 1. The predicted molar refractivity (Wildman–Crippen MR) is 66.4 cm³/mol. The molecule has 0 unspecified atom stereocenters. The number of pyridine rings is 1. The third-order valence-corrected chi connectivity index (χ3v) is 2.63. The highest BCUT2D eigenvalue weighted by Gasteiger charge is 2.13. The van der Waals surface area contributed by atoms with Gasteiger partial charge in [-0.25, -0.2) is 4.39 Å². The molecule has 2 aromatic rings. The molecule has 0 spiro atoms. The van der Waals surface area contributed by atoms with Gasteiger partial charge in [-0.05, 0) is 12.1 Å². The number of anilines is 1. The van der Waals surface area contributed by atoms with Crippen LogP contribution in [0.15, 0.2) is 48.7 Å². The number of carbonyl (C=O) groups is 1. The van der Waals surface area contributed by atoms with E-state index in [1.807, 2.05) is 31.3 Å². The Labute approximate surface area is 105 Å². The van der Waals surface area contributed by atoms with Crippen LogP contribution in [-0.2, 0) is 11.3 Å². The molecule has 1 N–H and O–H groups in total. The number of para-hydroxylation sites is 1. The molecule has 1 amide bonds. The zero-order valence-corrected chi connectivity index (χ0v) is 10.1. The Balaban J connectivity index is 2.06. The van der Waals surface area contributed by atoms with Gasteiger partial charge < -0.3 is 5.32 Å². The van der Waals surface area contributed by atoms with Crippen molar-refractivity contribution in [2.45, 2.75) is 13.5 Å². The first kappa shape index (κ1) is 12.2. The summed E-state index contributed by atoms with van der Waals surface area (Å²) in [5.74, 6) is -0.681. The molecule has 0 bridgehead atoms. The summed E-state index contributed by atoms with van der Waals surface area (Å²) in [4.78, 5) is 11.8. The van der Waals surface area contributed by atoms with Crippen LogP contribution >= 0.6 is 0 Å². The molecule has 0 aliphatic carbocycles. The predicted octanol–water partition coefficient (Wildman–Crippen LogP) is 2.06. The molecule has 0 fully saturated rings. The van der Waals surface area contributed by atoms with Gasteiger partial charge in [-0.1, -0.05) is 18.2 Å². The van der Waals surface area contributed by atoms with Gasteiger partial charge in [0.25, 0.3) is 5.91 Å². The van der Waals surface area contributed by atoms with Crippen molar-refractivity contribution >= 4 is 11.6 Å². The molecule has 0 radical (unpaired) electrons. The number of nitrogens with zero attached hydrogens (tertiary/aromatic N) is 1. The molecule has 0 aliphatic rings. The molecule has 0 atom stereocenters. The quantitative estimate of drug-likeness (QED) is 0.825. The van der Waals surface area contributed by atoms with Crippen LogP contribution in [0.4, 0.5) is 10.1 Å². The van der Waals surface area contributed by atoms with Crippen molar-refractivity contribution in [3.05, 3.63) is 60.2 Å². The fourth-order valence-corrected chi connectivity index (χ4v) is 1.65. The van der Waals surface area contributed by atoms with Crippen molar-refractivity contribution in [2.75, 3.05) is 5.32 Å². The second-order valence-corrected chi connectivity index (χ2v) is 4.00. The molecule has 2 rings (SSSR count). The van der Waals surface area contributed by atoms with Gasteiger partial charge in [0.1, 0.15) is 5.82 Å². The van der Waals surface area contributed by atoms with Gasteiger partial charge in [-0.2, -0.15) is 4.57 Å². The summed E-state index contributed by atoms with van der Waals surface area (Å²) < 4.78 is 15.1. The fraction of sp³-hybridized carbons (Fsp3) is 0.143. The molecule has 92 valence electrons. The number of aromatic nitrogens is 1. The van der Waals surface area contributed by atoms with Crippen molar-refractivity contribution in [3.8, 4) is 0 Å². The van der Waals surface area contributed by atoms with Crippen LogP contribution in [0.5, 0.6) is 0 Å². The zero-order chi connectivity index (χ0) is 13.0. The second kappa shape index (κ2) is 5.40. The van der Waals surface area contributed by atoms with Crippen molar-refractivity contribution in [3.63, 3.8) is 0 Å². The zero-order valence-electron chi connectivity index (χ0n) is 10.1. The summed E-state index contributed by atoms with van der Waals surface area (Å²) in [7, 11) is 0. The summed E-state index contributed by atoms with van der Waals surface area (Å²) in [6, 6.07) is 11.8. The molecule has 4 heteroatoms. The lowest BCUT2D eigenvalue weighted by Crippen LogP contribution is -2.42. The van der Waals surface area contributed by atoms with E-state index in [4.69, 9.17) is 0 Å². The molecule has 1 heterocycles. The van der Waals surface area contributed by atoms with Crippen molar-refractivity contribution in [2.24, 2.45) is 0 Å². The molecule has 0 aliphatic heterocycles. The highest BCUT2D eigenvalue weighted by Crippen LogP contribution is 2.11. The van der Waals surface area contributed by atoms with Crippen LogP contribution in [0.3, 0.4) is 0 Å². The molecule has 1 aromatic carbocycles. The average Bonchev–Trinajstić information content (AvgIpc) is 2.35. The van der Waals surface area contributed by atoms with Gasteiger partial charge in [0, 0.05) is 19.1 Å². The Morgan fingerprint density at radius 3 is 2.67 bits per heavy atom. The first-order valence-corrected chi connectivity index (χ1v) is 5.66. The van der Waals surface area contributed by atoms with Gasteiger partial charge in [-0.15, -0.1) is 0 Å². The highest BCUT2D eigenvalue weighted by molar-refractivity contribution is 5.89. The van der Waals surface area contributed by atoms with E-state index in [0.29, 0.717) is 0 Å². The molecule has 1 aromatic heterocycles. The van der Waals surface area contributed by atoms with E-state index in [1.165, 1.54) is 12.1 Å². The maximum Gasteiger partial charge on any atom is 0.290 e. The Hall–Kier alpha value is -2.23. The second-order valence-electron chi connectivity index (χ2n) is 4.00. The maximum atomic E-state index is 13.3. The van der Waals surface area contributed by atoms with Crippen LogP contribution in [0.25, 0.3) is 0 Å². The van der Waals surface area contributed by atoms with E-state index >= 15 is 0 Å². The topological polar surface area (TPSA) is 33.0 Å². The largest absolute Gasteiger partial charge is 0.318 e. The number of hydrogen-bond donors (Lipinski definition) is 1. The van der Waals surface area contributed by atoms with Crippen LogP contribution < -0.4 is 9.88 Å². The van der Waals surface area contributed by atoms with Crippen LogP contribution in [0, 0.1) is 12.7 Å². The van der Waals surface area contributed by atoms with Crippen molar-refractivity contribution < 1.29 is 13.8 Å². The lowest BCUT2D eigenvalue weighted by atomic mass is 10.3. The monoisotopic (exact) mass is 245 g/mol. The number of benzene rings is 1. The highest BCUT2D eigenvalue weighted by atomic mass is 19.1. The third-order valence-electron chi connectivity index (χ3n) is 2.63. The number of halogens is 1. The summed E-state index contributed by atoms with van der Waals surface area (Å²) in [5, 5.41) is 2.55. The maximum absolute atomic E-state index is 13.3. The van der Waals surface area contributed by atoms with E-state index in [-0.39, 0.29) is 18.1 Å².